The van der Waals surface area contributed by atoms with E-state index in [1.807, 2.05) is 0 Å². The second kappa shape index (κ2) is 6.19. The van der Waals surface area contributed by atoms with Gasteiger partial charge in [-0.05, 0) is 50.5 Å². The normalized spacial score (nSPS) is 18.6. The number of nitrogens with one attached hydrogen (secondary N) is 2. The molecule has 1 aliphatic heterocycles. The Bertz CT molecular complexity index is 468. The van der Waals surface area contributed by atoms with E-state index in [2.05, 4.69) is 34.6 Å². The smallest absolute Gasteiger partial charge is 0.251 e. The van der Waals surface area contributed by atoms with Crippen molar-refractivity contribution in [2.75, 3.05) is 32.1 Å². The van der Waals surface area contributed by atoms with Gasteiger partial charge in [-0.25, -0.2) is 10.8 Å². The van der Waals surface area contributed by atoms with E-state index in [1.54, 1.807) is 18.3 Å². The number of nitrogens with two attached hydrogens (primary N) is 1. The lowest BCUT2D eigenvalue weighted by Crippen LogP contribution is -2.43. The van der Waals surface area contributed by atoms with E-state index >= 15 is 0 Å². The van der Waals surface area contributed by atoms with Crippen LogP contribution in [0.15, 0.2) is 18.3 Å². The third kappa shape index (κ3) is 3.68. The van der Waals surface area contributed by atoms with Crippen LogP contribution in [0.3, 0.4) is 0 Å². The van der Waals surface area contributed by atoms with Crippen molar-refractivity contribution in [2.45, 2.75) is 19.8 Å². The van der Waals surface area contributed by atoms with Gasteiger partial charge in [0.25, 0.3) is 5.91 Å². The molecule has 6 heteroatoms. The first-order valence-corrected chi connectivity index (χ1v) is 6.92. The second-order valence-corrected chi connectivity index (χ2v) is 5.87. The number of carbonyl (C=O) groups excluding carboxylic acids is 1. The van der Waals surface area contributed by atoms with E-state index in [9.17, 15) is 4.79 Å². The van der Waals surface area contributed by atoms with Crippen molar-refractivity contribution < 1.29 is 4.79 Å². The molecule has 0 radical (unpaired) electrons. The highest BCUT2D eigenvalue weighted by Gasteiger charge is 2.29. The molecule has 1 aliphatic rings. The van der Waals surface area contributed by atoms with Crippen molar-refractivity contribution in [3.8, 4) is 0 Å². The van der Waals surface area contributed by atoms with Gasteiger partial charge >= 0.3 is 0 Å². The molecule has 6 nitrogen and oxygen atoms in total. The largest absolute Gasteiger partial charge is 0.351 e. The van der Waals surface area contributed by atoms with Gasteiger partial charge in [-0.1, -0.05) is 6.92 Å². The molecule has 0 bridgehead atoms. The molecule has 0 aliphatic carbocycles. The van der Waals surface area contributed by atoms with E-state index in [-0.39, 0.29) is 11.3 Å². The third-order valence-electron chi connectivity index (χ3n) is 4.04. The number of nitrogen functional groups attached to an aromatic ring is 1. The number of hydrogen-bond donors (Lipinski definition) is 3. The Morgan fingerprint density at radius 1 is 1.50 bits per heavy atom. The number of pyridine rings is 1. The van der Waals surface area contributed by atoms with Gasteiger partial charge < -0.3 is 15.6 Å². The summed E-state index contributed by atoms with van der Waals surface area (Å²) >= 11 is 0. The summed E-state index contributed by atoms with van der Waals surface area (Å²) in [5, 5.41) is 3.02. The maximum Gasteiger partial charge on any atom is 0.251 e. The zero-order valence-electron chi connectivity index (χ0n) is 12.1. The number of likely N-dealkylation sites (tertiary alicyclic amines) is 1. The van der Waals surface area contributed by atoms with Gasteiger partial charge in [0, 0.05) is 18.3 Å². The number of rotatable bonds is 4. The molecule has 1 saturated heterocycles. The Kier molecular flexibility index (Phi) is 4.57. The number of aromatic nitrogens is 1. The van der Waals surface area contributed by atoms with Crippen LogP contribution in [-0.2, 0) is 0 Å². The number of hydrazine groups is 1. The lowest BCUT2D eigenvalue weighted by molar-refractivity contribution is 0.0891. The molecule has 2 rings (SSSR count). The monoisotopic (exact) mass is 277 g/mol. The Balaban J connectivity index is 1.91. The second-order valence-electron chi connectivity index (χ2n) is 5.87. The highest BCUT2D eigenvalue weighted by molar-refractivity contribution is 5.94. The summed E-state index contributed by atoms with van der Waals surface area (Å²) in [6, 6.07) is 3.33. The minimum absolute atomic E-state index is 0.0796. The van der Waals surface area contributed by atoms with Gasteiger partial charge in [-0.2, -0.15) is 0 Å². The van der Waals surface area contributed by atoms with E-state index in [1.165, 1.54) is 0 Å². The molecule has 0 atom stereocenters. The molecule has 4 N–H and O–H groups in total. The Morgan fingerprint density at radius 2 is 2.20 bits per heavy atom. The van der Waals surface area contributed by atoms with Crippen molar-refractivity contribution in [3.05, 3.63) is 23.9 Å². The van der Waals surface area contributed by atoms with Crippen molar-refractivity contribution in [3.63, 3.8) is 0 Å². The van der Waals surface area contributed by atoms with Crippen molar-refractivity contribution >= 4 is 11.7 Å². The van der Waals surface area contributed by atoms with Crippen molar-refractivity contribution in [1.29, 1.82) is 0 Å². The fourth-order valence-corrected chi connectivity index (χ4v) is 2.38. The first-order valence-electron chi connectivity index (χ1n) is 6.92. The summed E-state index contributed by atoms with van der Waals surface area (Å²) in [7, 11) is 2.14. The van der Waals surface area contributed by atoms with Crippen LogP contribution in [0, 0.1) is 5.41 Å². The topological polar surface area (TPSA) is 83.3 Å². The van der Waals surface area contributed by atoms with Crippen molar-refractivity contribution in [1.82, 2.24) is 15.2 Å². The Morgan fingerprint density at radius 3 is 2.85 bits per heavy atom. The van der Waals surface area contributed by atoms with Gasteiger partial charge in [0.15, 0.2) is 0 Å². The van der Waals surface area contributed by atoms with Crippen LogP contribution in [-0.4, -0.2) is 42.5 Å². The fourth-order valence-electron chi connectivity index (χ4n) is 2.38. The average Bonchev–Trinajstić information content (AvgIpc) is 2.48. The molecule has 0 unspecified atom stereocenters. The zero-order chi connectivity index (χ0) is 14.6. The van der Waals surface area contributed by atoms with Gasteiger partial charge in [0.1, 0.15) is 5.82 Å². The number of carbonyl (C=O) groups is 1. The molecular formula is C14H23N5O. The predicted molar refractivity (Wildman–Crippen MR) is 79.2 cm³/mol. The highest BCUT2D eigenvalue weighted by Crippen LogP contribution is 2.29. The Hall–Kier alpha value is -1.66. The van der Waals surface area contributed by atoms with Crippen LogP contribution < -0.4 is 16.6 Å². The fraction of sp³-hybridized carbons (Fsp3) is 0.571. The van der Waals surface area contributed by atoms with E-state index in [0.29, 0.717) is 17.9 Å². The minimum Gasteiger partial charge on any atom is -0.351 e. The number of hydrogen-bond acceptors (Lipinski definition) is 5. The molecule has 1 amide bonds. The van der Waals surface area contributed by atoms with Crippen LogP contribution in [0.5, 0.6) is 0 Å². The number of amides is 1. The molecule has 110 valence electrons. The SMILES string of the molecule is CN1CCC(C)(CNC(=O)c2ccnc(NN)c2)CC1. The summed E-state index contributed by atoms with van der Waals surface area (Å²) in [6.45, 7) is 5.11. The quantitative estimate of drug-likeness (QED) is 0.561. The van der Waals surface area contributed by atoms with Gasteiger partial charge in [0.2, 0.25) is 0 Å². The van der Waals surface area contributed by atoms with Crippen molar-refractivity contribution in [2.24, 2.45) is 11.3 Å². The Labute approximate surface area is 119 Å². The molecule has 2 heterocycles. The molecular weight excluding hydrogens is 254 g/mol. The van der Waals surface area contributed by atoms with Crippen LogP contribution in [0.2, 0.25) is 0 Å². The summed E-state index contributed by atoms with van der Waals surface area (Å²) < 4.78 is 0. The standard InChI is InChI=1S/C14H23N5O/c1-14(4-7-19(2)8-5-14)10-17-13(20)11-3-6-16-12(9-11)18-15/h3,6,9H,4-5,7-8,10,15H2,1-2H3,(H,16,18)(H,17,20). The highest BCUT2D eigenvalue weighted by atomic mass is 16.1. The maximum absolute atomic E-state index is 12.1. The lowest BCUT2D eigenvalue weighted by Gasteiger charge is -2.37. The van der Waals surface area contributed by atoms with Gasteiger partial charge in [0.05, 0.1) is 0 Å². The molecule has 0 spiro atoms. The third-order valence-corrected chi connectivity index (χ3v) is 4.04. The van der Waals surface area contributed by atoms with Crippen LogP contribution in [0.1, 0.15) is 30.1 Å². The molecule has 0 aromatic carbocycles. The number of anilines is 1. The molecule has 0 saturated carbocycles. The first-order chi connectivity index (χ1) is 9.52. The molecule has 1 aromatic heterocycles. The van der Waals surface area contributed by atoms with E-state index in [4.69, 9.17) is 5.84 Å². The average molecular weight is 277 g/mol. The lowest BCUT2D eigenvalue weighted by atomic mass is 9.80. The minimum atomic E-state index is -0.0796. The summed E-state index contributed by atoms with van der Waals surface area (Å²) in [6.07, 6.45) is 3.78. The van der Waals surface area contributed by atoms with Crippen LogP contribution >= 0.6 is 0 Å². The van der Waals surface area contributed by atoms with Gasteiger partial charge in [-0.3, -0.25) is 4.79 Å². The molecule has 1 fully saturated rings. The molecule has 1 aromatic rings. The zero-order valence-corrected chi connectivity index (χ0v) is 12.1. The number of nitrogens with zero attached hydrogens (tertiary/aromatic N) is 2. The number of piperidine rings is 1. The van der Waals surface area contributed by atoms with E-state index in [0.717, 1.165) is 25.9 Å². The summed E-state index contributed by atoms with van der Waals surface area (Å²) in [5.74, 6) is 5.70. The predicted octanol–water partition coefficient (Wildman–Crippen LogP) is 0.829. The first kappa shape index (κ1) is 14.7. The van der Waals surface area contributed by atoms with Crippen LogP contribution in [0.25, 0.3) is 0 Å². The molecule has 20 heavy (non-hydrogen) atoms. The van der Waals surface area contributed by atoms with E-state index < -0.39 is 0 Å². The maximum atomic E-state index is 12.1. The summed E-state index contributed by atoms with van der Waals surface area (Å²) in [4.78, 5) is 18.5. The van der Waals surface area contributed by atoms with Crippen LogP contribution in [0.4, 0.5) is 5.82 Å². The summed E-state index contributed by atoms with van der Waals surface area (Å²) in [5.41, 5.74) is 3.20. The van der Waals surface area contributed by atoms with Gasteiger partial charge in [-0.15, -0.1) is 0 Å².